The molecule has 0 aromatic heterocycles. The van der Waals surface area contributed by atoms with E-state index < -0.39 is 0 Å². The van der Waals surface area contributed by atoms with Gasteiger partial charge in [-0.3, -0.25) is 4.79 Å². The van der Waals surface area contributed by atoms with Crippen molar-refractivity contribution < 1.29 is 18.7 Å². The molecule has 0 atom stereocenters. The standard InChI is InChI=1S/C20H19FN2O3/c21-16-6-4-7-17(12-16)23-20(24)13-22-10-3-1-2-5-15-8-9-18-19(11-15)26-14-25-18/h1-9,11-12,22H,10,13-14H2,(H,23,24)/b3-1+,5-2+. The summed E-state index contributed by atoms with van der Waals surface area (Å²) in [6.07, 6.45) is 7.65. The fourth-order valence-corrected chi connectivity index (χ4v) is 2.37. The largest absolute Gasteiger partial charge is 0.454 e. The molecule has 0 radical (unpaired) electrons. The molecule has 6 heteroatoms. The van der Waals surface area contributed by atoms with Crippen LogP contribution in [0.4, 0.5) is 10.1 Å². The van der Waals surface area contributed by atoms with Crippen LogP contribution in [0.3, 0.4) is 0 Å². The van der Waals surface area contributed by atoms with Crippen LogP contribution in [0.2, 0.25) is 0 Å². The first kappa shape index (κ1) is 17.7. The first-order valence-electron chi connectivity index (χ1n) is 8.20. The number of halogens is 1. The second-order valence-corrected chi connectivity index (χ2v) is 5.59. The number of anilines is 1. The molecule has 2 N–H and O–H groups in total. The molecule has 2 aromatic rings. The van der Waals surface area contributed by atoms with E-state index in [-0.39, 0.29) is 25.1 Å². The van der Waals surface area contributed by atoms with Gasteiger partial charge in [-0.25, -0.2) is 4.39 Å². The van der Waals surface area contributed by atoms with Crippen molar-refractivity contribution >= 4 is 17.7 Å². The van der Waals surface area contributed by atoms with Crippen LogP contribution < -0.4 is 20.1 Å². The SMILES string of the molecule is O=C(CNC/C=C/C=C/c1ccc2c(c1)OCO2)Nc1cccc(F)c1. The number of ether oxygens (including phenoxy) is 2. The number of carbonyl (C=O) groups is 1. The molecule has 3 rings (SSSR count). The maximum atomic E-state index is 13.0. The Balaban J connectivity index is 1.36. The highest BCUT2D eigenvalue weighted by Crippen LogP contribution is 2.32. The molecule has 2 aromatic carbocycles. The van der Waals surface area contributed by atoms with Gasteiger partial charge >= 0.3 is 0 Å². The molecule has 134 valence electrons. The average molecular weight is 354 g/mol. The number of amides is 1. The summed E-state index contributed by atoms with van der Waals surface area (Å²) in [5.41, 5.74) is 1.46. The maximum absolute atomic E-state index is 13.0. The topological polar surface area (TPSA) is 59.6 Å². The monoisotopic (exact) mass is 354 g/mol. The minimum Gasteiger partial charge on any atom is -0.454 e. The van der Waals surface area contributed by atoms with Crippen LogP contribution in [0, 0.1) is 5.82 Å². The Morgan fingerprint density at radius 3 is 2.88 bits per heavy atom. The van der Waals surface area contributed by atoms with E-state index in [9.17, 15) is 9.18 Å². The van der Waals surface area contributed by atoms with Gasteiger partial charge in [0.2, 0.25) is 12.7 Å². The number of hydrogen-bond acceptors (Lipinski definition) is 4. The molecular weight excluding hydrogens is 335 g/mol. The second-order valence-electron chi connectivity index (χ2n) is 5.59. The van der Waals surface area contributed by atoms with Crippen molar-refractivity contribution in [1.29, 1.82) is 0 Å². The smallest absolute Gasteiger partial charge is 0.238 e. The highest BCUT2D eigenvalue weighted by Gasteiger charge is 2.11. The molecular formula is C20H19FN2O3. The van der Waals surface area contributed by atoms with E-state index in [1.54, 1.807) is 12.1 Å². The molecule has 0 bridgehead atoms. The molecule has 0 saturated heterocycles. The van der Waals surface area contributed by atoms with E-state index in [0.717, 1.165) is 17.1 Å². The number of rotatable bonds is 7. The summed E-state index contributed by atoms with van der Waals surface area (Å²) >= 11 is 0. The van der Waals surface area contributed by atoms with Gasteiger partial charge in [0.25, 0.3) is 0 Å². The van der Waals surface area contributed by atoms with Crippen molar-refractivity contribution in [3.63, 3.8) is 0 Å². The quantitative estimate of drug-likeness (QED) is 0.591. The molecule has 0 saturated carbocycles. The molecule has 0 fully saturated rings. The summed E-state index contributed by atoms with van der Waals surface area (Å²) in [5.74, 6) is 0.911. The predicted molar refractivity (Wildman–Crippen MR) is 98.6 cm³/mol. The molecule has 5 nitrogen and oxygen atoms in total. The van der Waals surface area contributed by atoms with Gasteiger partial charge in [-0.15, -0.1) is 0 Å². The van der Waals surface area contributed by atoms with Crippen LogP contribution in [0.25, 0.3) is 6.08 Å². The molecule has 0 aliphatic carbocycles. The first-order valence-corrected chi connectivity index (χ1v) is 8.20. The predicted octanol–water partition coefficient (Wildman–Crippen LogP) is 3.35. The zero-order valence-electron chi connectivity index (χ0n) is 14.1. The van der Waals surface area contributed by atoms with Crippen molar-refractivity contribution in [1.82, 2.24) is 5.32 Å². The Hall–Kier alpha value is -3.12. The molecule has 26 heavy (non-hydrogen) atoms. The van der Waals surface area contributed by atoms with E-state index in [1.807, 2.05) is 42.5 Å². The molecule has 0 unspecified atom stereocenters. The zero-order chi connectivity index (χ0) is 18.2. The maximum Gasteiger partial charge on any atom is 0.238 e. The summed E-state index contributed by atoms with van der Waals surface area (Å²) in [4.78, 5) is 11.7. The van der Waals surface area contributed by atoms with Crippen molar-refractivity contribution in [2.75, 3.05) is 25.2 Å². The first-order chi connectivity index (χ1) is 12.7. The van der Waals surface area contributed by atoms with Gasteiger partial charge in [0.1, 0.15) is 5.82 Å². The van der Waals surface area contributed by atoms with E-state index in [4.69, 9.17) is 9.47 Å². The van der Waals surface area contributed by atoms with Gasteiger partial charge < -0.3 is 20.1 Å². The fourth-order valence-electron chi connectivity index (χ4n) is 2.37. The number of fused-ring (bicyclic) bond motifs is 1. The Morgan fingerprint density at radius 1 is 1.12 bits per heavy atom. The lowest BCUT2D eigenvalue weighted by molar-refractivity contribution is -0.115. The van der Waals surface area contributed by atoms with Gasteiger partial charge in [-0.1, -0.05) is 36.4 Å². The Labute approximate surface area is 151 Å². The van der Waals surface area contributed by atoms with Gasteiger partial charge in [0.15, 0.2) is 11.5 Å². The molecule has 1 heterocycles. The average Bonchev–Trinajstić information content (AvgIpc) is 3.08. The van der Waals surface area contributed by atoms with Crippen LogP contribution >= 0.6 is 0 Å². The van der Waals surface area contributed by atoms with Gasteiger partial charge in [0.05, 0.1) is 6.54 Å². The Kier molecular flexibility index (Phi) is 6.01. The normalized spacial score (nSPS) is 12.8. The van der Waals surface area contributed by atoms with Crippen LogP contribution in [0.5, 0.6) is 11.5 Å². The number of benzene rings is 2. The number of allylic oxidation sites excluding steroid dienone is 2. The van der Waals surface area contributed by atoms with E-state index in [2.05, 4.69) is 10.6 Å². The number of hydrogen-bond donors (Lipinski definition) is 2. The number of carbonyl (C=O) groups excluding carboxylic acids is 1. The van der Waals surface area contributed by atoms with E-state index >= 15 is 0 Å². The Morgan fingerprint density at radius 2 is 2.00 bits per heavy atom. The molecule has 0 spiro atoms. The van der Waals surface area contributed by atoms with Crippen LogP contribution in [0.1, 0.15) is 5.56 Å². The molecule has 1 aliphatic heterocycles. The van der Waals surface area contributed by atoms with E-state index in [0.29, 0.717) is 12.2 Å². The van der Waals surface area contributed by atoms with E-state index in [1.165, 1.54) is 12.1 Å². The summed E-state index contributed by atoms with van der Waals surface area (Å²) in [6.45, 7) is 0.954. The van der Waals surface area contributed by atoms with Crippen molar-refractivity contribution in [3.8, 4) is 11.5 Å². The third-order valence-corrected chi connectivity index (χ3v) is 3.59. The summed E-state index contributed by atoms with van der Waals surface area (Å²) < 4.78 is 23.6. The van der Waals surface area contributed by atoms with Crippen LogP contribution in [0.15, 0.2) is 60.7 Å². The third kappa shape index (κ3) is 5.19. The lowest BCUT2D eigenvalue weighted by Crippen LogP contribution is -2.28. The minimum atomic E-state index is -0.382. The Bertz CT molecular complexity index is 834. The number of nitrogens with one attached hydrogen (secondary N) is 2. The summed E-state index contributed by atoms with van der Waals surface area (Å²) in [7, 11) is 0. The van der Waals surface area contributed by atoms with Gasteiger partial charge in [-0.05, 0) is 35.9 Å². The van der Waals surface area contributed by atoms with Crippen molar-refractivity contribution in [3.05, 3.63) is 72.1 Å². The van der Waals surface area contributed by atoms with Gasteiger partial charge in [0, 0.05) is 12.2 Å². The highest BCUT2D eigenvalue weighted by atomic mass is 19.1. The lowest BCUT2D eigenvalue weighted by atomic mass is 10.2. The van der Waals surface area contributed by atoms with Crippen LogP contribution in [-0.4, -0.2) is 25.8 Å². The molecule has 1 aliphatic rings. The highest BCUT2D eigenvalue weighted by molar-refractivity contribution is 5.92. The lowest BCUT2D eigenvalue weighted by Gasteiger charge is -2.05. The van der Waals surface area contributed by atoms with Crippen molar-refractivity contribution in [2.24, 2.45) is 0 Å². The zero-order valence-corrected chi connectivity index (χ0v) is 14.1. The summed E-state index contributed by atoms with van der Waals surface area (Å²) in [6, 6.07) is 11.5. The fraction of sp³-hybridized carbons (Fsp3) is 0.150. The van der Waals surface area contributed by atoms with Gasteiger partial charge in [-0.2, -0.15) is 0 Å². The summed E-state index contributed by atoms with van der Waals surface area (Å²) in [5, 5.41) is 5.61. The third-order valence-electron chi connectivity index (χ3n) is 3.59. The molecule has 1 amide bonds. The van der Waals surface area contributed by atoms with Crippen LogP contribution in [-0.2, 0) is 4.79 Å². The second kappa shape index (κ2) is 8.82. The van der Waals surface area contributed by atoms with Crippen molar-refractivity contribution in [2.45, 2.75) is 0 Å². The minimum absolute atomic E-state index is 0.146.